The molecule has 0 atom stereocenters. The van der Waals surface area contributed by atoms with Crippen LogP contribution in [0.3, 0.4) is 0 Å². The monoisotopic (exact) mass is 392 g/mol. The molecule has 146 valence electrons. The molecule has 0 aliphatic heterocycles. The highest BCUT2D eigenvalue weighted by molar-refractivity contribution is 5.73. The molecule has 0 saturated carbocycles. The summed E-state index contributed by atoms with van der Waals surface area (Å²) in [6.07, 6.45) is 7.71. The summed E-state index contributed by atoms with van der Waals surface area (Å²) >= 11 is 0. The zero-order valence-electron chi connectivity index (χ0n) is 16.2. The summed E-state index contributed by atoms with van der Waals surface area (Å²) in [5, 5.41) is 0. The Kier molecular flexibility index (Phi) is 5.57. The molecule has 6 nitrogen and oxygen atoms in total. The number of aromatic nitrogens is 4. The number of nitrogens with zero attached hydrogens (tertiary/aromatic N) is 4. The van der Waals surface area contributed by atoms with Crippen molar-refractivity contribution in [2.24, 2.45) is 0 Å². The van der Waals surface area contributed by atoms with E-state index in [1.54, 1.807) is 0 Å². The standard InChI is InChI=1S/C24H20N6/c25-23-27-19(13-11-17-7-3-1-4-8-17)15-21(29-23)22-16-20(28-24(26)30-22)14-12-18-9-5-2-6-10-18/h1-16H,(H2,25,27,29)(H2,26,28,30)/b13-11+,14-12+. The van der Waals surface area contributed by atoms with Crippen molar-refractivity contribution < 1.29 is 0 Å². The molecule has 0 bridgehead atoms. The van der Waals surface area contributed by atoms with Gasteiger partial charge >= 0.3 is 0 Å². The van der Waals surface area contributed by atoms with Gasteiger partial charge in [0.2, 0.25) is 11.9 Å². The van der Waals surface area contributed by atoms with Crippen LogP contribution in [0.1, 0.15) is 22.5 Å². The van der Waals surface area contributed by atoms with Gasteiger partial charge in [-0.2, -0.15) is 0 Å². The molecule has 6 heteroatoms. The molecule has 2 heterocycles. The molecule has 0 unspecified atom stereocenters. The van der Waals surface area contributed by atoms with Crippen LogP contribution in [0.15, 0.2) is 72.8 Å². The normalized spacial score (nSPS) is 11.3. The lowest BCUT2D eigenvalue weighted by molar-refractivity contribution is 1.13. The number of rotatable bonds is 5. The molecule has 0 aliphatic carbocycles. The molecule has 4 N–H and O–H groups in total. The van der Waals surface area contributed by atoms with Crippen LogP contribution in [0, 0.1) is 0 Å². The fraction of sp³-hybridized carbons (Fsp3) is 0. The number of hydrogen-bond acceptors (Lipinski definition) is 6. The minimum Gasteiger partial charge on any atom is -0.368 e. The molecule has 0 fully saturated rings. The van der Waals surface area contributed by atoms with Crippen LogP contribution < -0.4 is 11.5 Å². The maximum atomic E-state index is 5.93. The number of benzene rings is 2. The summed E-state index contributed by atoms with van der Waals surface area (Å²) in [5.74, 6) is 0.331. The second kappa shape index (κ2) is 8.79. The molecule has 0 radical (unpaired) electrons. The molecule has 0 amide bonds. The summed E-state index contributed by atoms with van der Waals surface area (Å²) < 4.78 is 0. The fourth-order valence-corrected chi connectivity index (χ4v) is 2.90. The van der Waals surface area contributed by atoms with Crippen LogP contribution in [0.5, 0.6) is 0 Å². The first-order valence-corrected chi connectivity index (χ1v) is 9.41. The Morgan fingerprint density at radius 3 is 1.30 bits per heavy atom. The molecule has 0 saturated heterocycles. The first kappa shape index (κ1) is 19.0. The van der Waals surface area contributed by atoms with Gasteiger partial charge in [-0.05, 0) is 35.4 Å². The van der Waals surface area contributed by atoms with E-state index in [0.717, 1.165) is 11.1 Å². The third-order valence-electron chi connectivity index (χ3n) is 4.28. The highest BCUT2D eigenvalue weighted by Gasteiger charge is 2.08. The predicted molar refractivity (Wildman–Crippen MR) is 123 cm³/mol. The van der Waals surface area contributed by atoms with E-state index in [-0.39, 0.29) is 11.9 Å². The molecule has 4 aromatic rings. The second-order valence-corrected chi connectivity index (χ2v) is 6.56. The quantitative estimate of drug-likeness (QED) is 0.520. The van der Waals surface area contributed by atoms with E-state index in [1.807, 2.05) is 97.1 Å². The van der Waals surface area contributed by atoms with E-state index < -0.39 is 0 Å². The molecule has 30 heavy (non-hydrogen) atoms. The maximum Gasteiger partial charge on any atom is 0.221 e. The summed E-state index contributed by atoms with van der Waals surface area (Å²) in [6, 6.07) is 23.6. The molecule has 4 rings (SSSR count). The molecular formula is C24H20N6. The van der Waals surface area contributed by atoms with Gasteiger partial charge in [-0.1, -0.05) is 72.8 Å². The van der Waals surface area contributed by atoms with Gasteiger partial charge in [0, 0.05) is 0 Å². The van der Waals surface area contributed by atoms with Crippen molar-refractivity contribution in [2.75, 3.05) is 11.5 Å². The van der Waals surface area contributed by atoms with E-state index in [2.05, 4.69) is 19.9 Å². The first-order chi connectivity index (χ1) is 14.7. The Hall–Kier alpha value is -4.32. The third kappa shape index (κ3) is 4.94. The van der Waals surface area contributed by atoms with Gasteiger partial charge < -0.3 is 11.5 Å². The SMILES string of the molecule is Nc1nc(/C=C/c2ccccc2)cc(-c2cc(/C=C/c3ccccc3)nc(N)n2)n1. The molecule has 0 aliphatic rings. The number of nitrogens with two attached hydrogens (primary N) is 2. The van der Waals surface area contributed by atoms with Crippen molar-refractivity contribution in [1.82, 2.24) is 19.9 Å². The van der Waals surface area contributed by atoms with E-state index in [0.29, 0.717) is 22.8 Å². The Balaban J connectivity index is 1.65. The van der Waals surface area contributed by atoms with Crippen molar-refractivity contribution in [2.45, 2.75) is 0 Å². The summed E-state index contributed by atoms with van der Waals surface area (Å²) in [7, 11) is 0. The third-order valence-corrected chi connectivity index (χ3v) is 4.28. The average Bonchev–Trinajstić information content (AvgIpc) is 2.77. The Bertz CT molecular complexity index is 1100. The van der Waals surface area contributed by atoms with Crippen molar-refractivity contribution in [1.29, 1.82) is 0 Å². The van der Waals surface area contributed by atoms with Gasteiger partial charge in [0.05, 0.1) is 22.8 Å². The smallest absolute Gasteiger partial charge is 0.221 e. The van der Waals surface area contributed by atoms with Crippen LogP contribution in [0.25, 0.3) is 35.7 Å². The Morgan fingerprint density at radius 2 is 0.900 bits per heavy atom. The zero-order chi connectivity index (χ0) is 20.8. The van der Waals surface area contributed by atoms with Gasteiger partial charge in [0.25, 0.3) is 0 Å². The number of hydrogen-bond donors (Lipinski definition) is 2. The van der Waals surface area contributed by atoms with E-state index in [9.17, 15) is 0 Å². The van der Waals surface area contributed by atoms with Crippen molar-refractivity contribution in [3.05, 3.63) is 95.3 Å². The van der Waals surface area contributed by atoms with Crippen LogP contribution in [0.2, 0.25) is 0 Å². The van der Waals surface area contributed by atoms with Crippen LogP contribution in [-0.4, -0.2) is 19.9 Å². The number of anilines is 2. The largest absolute Gasteiger partial charge is 0.368 e. The second-order valence-electron chi connectivity index (χ2n) is 6.56. The van der Waals surface area contributed by atoms with Gasteiger partial charge in [-0.15, -0.1) is 0 Å². The summed E-state index contributed by atoms with van der Waals surface area (Å²) in [6.45, 7) is 0. The fourth-order valence-electron chi connectivity index (χ4n) is 2.90. The highest BCUT2D eigenvalue weighted by atomic mass is 15.0. The minimum absolute atomic E-state index is 0.166. The molecule has 0 spiro atoms. The van der Waals surface area contributed by atoms with Gasteiger partial charge in [-0.25, -0.2) is 19.9 Å². The zero-order valence-corrected chi connectivity index (χ0v) is 16.2. The summed E-state index contributed by atoms with van der Waals surface area (Å²) in [4.78, 5) is 17.2. The Morgan fingerprint density at radius 1 is 0.500 bits per heavy atom. The lowest BCUT2D eigenvalue weighted by atomic mass is 10.1. The van der Waals surface area contributed by atoms with Gasteiger partial charge in [-0.3, -0.25) is 0 Å². The predicted octanol–water partition coefficient (Wildman–Crippen LogP) is 4.44. The van der Waals surface area contributed by atoms with E-state index in [4.69, 9.17) is 11.5 Å². The topological polar surface area (TPSA) is 104 Å². The van der Waals surface area contributed by atoms with Crippen LogP contribution in [0.4, 0.5) is 11.9 Å². The average molecular weight is 392 g/mol. The first-order valence-electron chi connectivity index (χ1n) is 9.41. The van der Waals surface area contributed by atoms with Crippen LogP contribution >= 0.6 is 0 Å². The van der Waals surface area contributed by atoms with Crippen molar-refractivity contribution >= 4 is 36.2 Å². The lowest BCUT2D eigenvalue weighted by Gasteiger charge is -2.05. The molecular weight excluding hydrogens is 372 g/mol. The summed E-state index contributed by atoms with van der Waals surface area (Å²) in [5.41, 5.74) is 16.5. The molecule has 2 aromatic carbocycles. The van der Waals surface area contributed by atoms with Gasteiger partial charge in [0.1, 0.15) is 0 Å². The van der Waals surface area contributed by atoms with E-state index >= 15 is 0 Å². The van der Waals surface area contributed by atoms with Crippen molar-refractivity contribution in [3.8, 4) is 11.4 Å². The lowest BCUT2D eigenvalue weighted by Crippen LogP contribution is -2.02. The highest BCUT2D eigenvalue weighted by Crippen LogP contribution is 2.20. The van der Waals surface area contributed by atoms with Gasteiger partial charge in [0.15, 0.2) is 0 Å². The van der Waals surface area contributed by atoms with Crippen LogP contribution in [-0.2, 0) is 0 Å². The number of nitrogen functional groups attached to an aromatic ring is 2. The van der Waals surface area contributed by atoms with E-state index in [1.165, 1.54) is 0 Å². The maximum absolute atomic E-state index is 5.93. The van der Waals surface area contributed by atoms with Crippen molar-refractivity contribution in [3.63, 3.8) is 0 Å². The molecule has 2 aromatic heterocycles. The Labute approximate surface area is 174 Å². The minimum atomic E-state index is 0.166.